The van der Waals surface area contributed by atoms with E-state index in [1.165, 1.54) is 0 Å². The van der Waals surface area contributed by atoms with Crippen LogP contribution in [-0.4, -0.2) is 138 Å². The zero-order chi connectivity index (χ0) is 13.6. The molecule has 0 amide bonds. The smallest absolute Gasteiger partial charge is 0.316 e. The van der Waals surface area contributed by atoms with Crippen LogP contribution in [0.4, 0.5) is 0 Å². The molecule has 0 saturated heterocycles. The van der Waals surface area contributed by atoms with Crippen LogP contribution in [0, 0.1) is 0 Å². The van der Waals surface area contributed by atoms with Crippen molar-refractivity contribution in [3.05, 3.63) is 0 Å². The molecule has 1 aliphatic rings. The third-order valence-corrected chi connectivity index (χ3v) is 2.99. The first-order chi connectivity index (χ1) is 7.50. The Morgan fingerprint density at radius 2 is 1.21 bits per heavy atom. The topological polar surface area (TPSA) is 188 Å². The van der Waals surface area contributed by atoms with Gasteiger partial charge >= 0.3 is 68.6 Å². The van der Waals surface area contributed by atoms with Crippen LogP contribution in [0.3, 0.4) is 0 Å². The van der Waals surface area contributed by atoms with E-state index < -0.39 is 44.1 Å². The van der Waals surface area contributed by atoms with E-state index >= 15 is 0 Å². The van der Waals surface area contributed by atoms with Crippen molar-refractivity contribution in [1.29, 1.82) is 0 Å². The summed E-state index contributed by atoms with van der Waals surface area (Å²) in [6, 6.07) is 0. The van der Waals surface area contributed by atoms with Crippen molar-refractivity contribution in [2.24, 2.45) is 0 Å². The molecular weight excluding hydrogens is 327 g/mol. The molecule has 1 aliphatic carbocycles. The van der Waals surface area contributed by atoms with Crippen molar-refractivity contribution >= 4 is 68.6 Å². The molecule has 13 heteroatoms. The Labute approximate surface area is 153 Å². The van der Waals surface area contributed by atoms with Crippen LogP contribution in [-0.2, 0) is 9.09 Å². The summed E-state index contributed by atoms with van der Waals surface area (Å²) in [5.41, 5.74) is 0. The van der Waals surface area contributed by atoms with Gasteiger partial charge in [0.05, 0.1) is 0 Å². The van der Waals surface area contributed by atoms with Gasteiger partial charge in [-0.2, -0.15) is 0 Å². The first-order valence-corrected chi connectivity index (χ1v) is 5.92. The Bertz CT molecular complexity index is 322. The monoisotopic (exact) mass is 344 g/mol. The van der Waals surface area contributed by atoms with Gasteiger partial charge in [0.25, 0.3) is 0 Å². The SMILES string of the molecule is O=P(O)(O)O[C@]1(O)[C@H](O)[C@H](O)[C@@H](O)[C@H](O)[C@H]1O.[CaH2].[MgH2]. The fourth-order valence-corrected chi connectivity index (χ4v) is 2.14. The molecule has 0 bridgehead atoms. The summed E-state index contributed by atoms with van der Waals surface area (Å²) in [6.45, 7) is 0. The number of phosphoric acid groups is 1. The van der Waals surface area contributed by atoms with E-state index in [0.717, 1.165) is 0 Å². The molecule has 0 aromatic carbocycles. The second kappa shape index (κ2) is 7.95. The maximum Gasteiger partial charge on any atom is 0.316 e. The van der Waals surface area contributed by atoms with Crippen molar-refractivity contribution in [2.75, 3.05) is 0 Å². The van der Waals surface area contributed by atoms with E-state index in [-0.39, 0.29) is 60.8 Å². The van der Waals surface area contributed by atoms with Crippen molar-refractivity contribution < 1.29 is 49.5 Å². The molecule has 0 heterocycles. The Kier molecular flexibility index (Phi) is 9.69. The number of rotatable bonds is 2. The average molecular weight is 345 g/mol. The summed E-state index contributed by atoms with van der Waals surface area (Å²) in [5, 5.41) is 55.7. The number of hydrogen-bond donors (Lipinski definition) is 8. The van der Waals surface area contributed by atoms with Gasteiger partial charge in [-0.05, 0) is 0 Å². The molecule has 19 heavy (non-hydrogen) atoms. The first-order valence-electron chi connectivity index (χ1n) is 4.39. The van der Waals surface area contributed by atoms with Crippen molar-refractivity contribution in [3.8, 4) is 0 Å². The third kappa shape index (κ3) is 4.95. The van der Waals surface area contributed by atoms with Gasteiger partial charge in [0.2, 0.25) is 5.79 Å². The molecule has 0 aromatic rings. The fraction of sp³-hybridized carbons (Fsp3) is 1.00. The molecular formula is C6H17CaMgO10P. The average Bonchev–Trinajstić information content (AvgIpc) is 2.19. The van der Waals surface area contributed by atoms with E-state index in [1.54, 1.807) is 0 Å². The van der Waals surface area contributed by atoms with Gasteiger partial charge in [0.1, 0.15) is 30.5 Å². The van der Waals surface area contributed by atoms with Crippen LogP contribution in [0.1, 0.15) is 0 Å². The van der Waals surface area contributed by atoms with Crippen LogP contribution >= 0.6 is 7.82 Å². The summed E-state index contributed by atoms with van der Waals surface area (Å²) in [4.78, 5) is 17.0. The molecule has 1 saturated carbocycles. The maximum absolute atomic E-state index is 10.6. The molecule has 0 aliphatic heterocycles. The second-order valence-corrected chi connectivity index (χ2v) is 4.86. The Hall–Kier alpha value is 1.90. The summed E-state index contributed by atoms with van der Waals surface area (Å²) in [7, 11) is -5.32. The Morgan fingerprint density at radius 3 is 1.47 bits per heavy atom. The van der Waals surface area contributed by atoms with Crippen molar-refractivity contribution in [3.63, 3.8) is 0 Å². The maximum atomic E-state index is 10.6. The third-order valence-electron chi connectivity index (χ3n) is 2.46. The van der Waals surface area contributed by atoms with E-state index in [9.17, 15) is 30.1 Å². The Balaban J connectivity index is 0. The van der Waals surface area contributed by atoms with Gasteiger partial charge in [-0.15, -0.1) is 0 Å². The molecule has 0 unspecified atom stereocenters. The standard InChI is InChI=1S/C6H13O10P.Ca.Mg.4H/c7-1-2(8)4(10)6(12,5(11)3(1)9)16-17(13,14)15;;;;;;/h1-5,7-12H,(H2,13,14,15);;;;;;/t1-,2-,3+,4-,5-,6-;;;;;;/m1....../s1. The van der Waals surface area contributed by atoms with Crippen LogP contribution in [0.2, 0.25) is 0 Å². The molecule has 1 rings (SSSR count). The summed E-state index contributed by atoms with van der Waals surface area (Å²) in [5.74, 6) is -3.31. The quantitative estimate of drug-likeness (QED) is 0.136. The minimum absolute atomic E-state index is 0. The molecule has 10 nitrogen and oxygen atoms in total. The number of hydrogen-bond acceptors (Lipinski definition) is 8. The fourth-order valence-electron chi connectivity index (χ4n) is 1.54. The molecule has 0 radical (unpaired) electrons. The van der Waals surface area contributed by atoms with E-state index in [1.807, 2.05) is 0 Å². The predicted octanol–water partition coefficient (Wildman–Crippen LogP) is -6.23. The molecule has 0 spiro atoms. The summed E-state index contributed by atoms with van der Waals surface area (Å²) >= 11 is 0. The zero-order valence-corrected chi connectivity index (χ0v) is 9.12. The molecule has 6 atom stereocenters. The van der Waals surface area contributed by atoms with Crippen molar-refractivity contribution in [1.82, 2.24) is 0 Å². The molecule has 1 fully saturated rings. The van der Waals surface area contributed by atoms with Gasteiger partial charge in [-0.1, -0.05) is 0 Å². The minimum atomic E-state index is -5.32. The zero-order valence-electron chi connectivity index (χ0n) is 8.23. The first kappa shape index (κ1) is 23.2. The summed E-state index contributed by atoms with van der Waals surface area (Å²) < 4.78 is 14.3. The largest absolute Gasteiger partial charge is 0.316 e. The molecule has 110 valence electrons. The van der Waals surface area contributed by atoms with Crippen LogP contribution < -0.4 is 0 Å². The van der Waals surface area contributed by atoms with Crippen molar-refractivity contribution in [2.45, 2.75) is 36.3 Å². The van der Waals surface area contributed by atoms with Gasteiger partial charge in [-0.3, -0.25) is 0 Å². The molecule has 0 aromatic heterocycles. The number of phosphoric ester groups is 1. The predicted molar refractivity (Wildman–Crippen MR) is 65.2 cm³/mol. The van der Waals surface area contributed by atoms with E-state index in [4.69, 9.17) is 14.9 Å². The number of aliphatic hydroxyl groups is 6. The Morgan fingerprint density at radius 1 is 0.895 bits per heavy atom. The van der Waals surface area contributed by atoms with Gasteiger partial charge in [0.15, 0.2) is 0 Å². The minimum Gasteiger partial charge on any atom is 0.316 e. The van der Waals surface area contributed by atoms with E-state index in [2.05, 4.69) is 4.52 Å². The van der Waals surface area contributed by atoms with Crippen LogP contribution in [0.15, 0.2) is 0 Å². The van der Waals surface area contributed by atoms with E-state index in [0.29, 0.717) is 0 Å². The van der Waals surface area contributed by atoms with Gasteiger partial charge in [0, 0.05) is 0 Å². The second-order valence-electron chi connectivity index (χ2n) is 3.70. The van der Waals surface area contributed by atoms with Gasteiger partial charge in [-0.25, -0.2) is 9.09 Å². The summed E-state index contributed by atoms with van der Waals surface area (Å²) in [6.07, 6.45) is -11.2. The normalized spacial score (nSPS) is 43.1. The van der Waals surface area contributed by atoms with Crippen LogP contribution in [0.25, 0.3) is 0 Å². The molecule has 8 N–H and O–H groups in total. The number of aliphatic hydroxyl groups excluding tert-OH is 5. The van der Waals surface area contributed by atoms with Gasteiger partial charge < -0.3 is 40.4 Å². The van der Waals surface area contributed by atoms with Crippen LogP contribution in [0.5, 0.6) is 0 Å².